The zero-order valence-electron chi connectivity index (χ0n) is 15.1. The number of piperidine rings is 1. The molecule has 2 fully saturated rings. The van der Waals surface area contributed by atoms with E-state index in [1.807, 2.05) is 19.9 Å². The SMILES string of the molecule is CCNC(=NCc1ccoc1)N1CCC(C2(C)NC(=O)NC2=O)CC1.I. The van der Waals surface area contributed by atoms with Gasteiger partial charge in [0, 0.05) is 25.2 Å². The molecule has 3 heterocycles. The molecule has 2 aliphatic rings. The Balaban J connectivity index is 0.00000243. The maximum atomic E-state index is 12.1. The zero-order valence-corrected chi connectivity index (χ0v) is 17.4. The number of nitrogens with one attached hydrogen (secondary N) is 3. The highest BCUT2D eigenvalue weighted by Crippen LogP contribution is 2.30. The highest BCUT2D eigenvalue weighted by atomic mass is 127. The van der Waals surface area contributed by atoms with Gasteiger partial charge < -0.3 is 20.0 Å². The average Bonchev–Trinajstić information content (AvgIpc) is 3.20. The molecule has 9 heteroatoms. The molecule has 2 saturated heterocycles. The van der Waals surface area contributed by atoms with Gasteiger partial charge >= 0.3 is 6.03 Å². The Kier molecular flexibility index (Phi) is 6.90. The standard InChI is InChI=1S/C17H25N5O3.HI/c1-3-18-15(19-10-12-6-9-25-11-12)22-7-4-13(5-8-22)17(2)14(23)20-16(24)21-17;/h6,9,11,13H,3-5,7-8,10H2,1-2H3,(H,18,19)(H2,20,21,23,24);1H. The van der Waals surface area contributed by atoms with E-state index in [2.05, 4.69) is 25.8 Å². The number of likely N-dealkylation sites (tertiary alicyclic amines) is 1. The van der Waals surface area contributed by atoms with Crippen LogP contribution in [0.15, 0.2) is 28.0 Å². The first-order valence-corrected chi connectivity index (χ1v) is 8.71. The van der Waals surface area contributed by atoms with Gasteiger partial charge in [-0.15, -0.1) is 24.0 Å². The first kappa shape index (κ1) is 20.5. The second-order valence-electron chi connectivity index (χ2n) is 6.67. The van der Waals surface area contributed by atoms with Crippen molar-refractivity contribution in [3.05, 3.63) is 24.2 Å². The fourth-order valence-electron chi connectivity index (χ4n) is 3.49. The summed E-state index contributed by atoms with van der Waals surface area (Å²) in [6.45, 7) is 6.79. The molecule has 8 nitrogen and oxygen atoms in total. The Morgan fingerprint density at radius 3 is 2.69 bits per heavy atom. The fraction of sp³-hybridized carbons (Fsp3) is 0.588. The molecule has 1 atom stereocenters. The van der Waals surface area contributed by atoms with E-state index in [-0.39, 0.29) is 35.8 Å². The van der Waals surface area contributed by atoms with E-state index in [0.29, 0.717) is 6.54 Å². The molecular weight excluding hydrogens is 449 g/mol. The predicted molar refractivity (Wildman–Crippen MR) is 108 cm³/mol. The van der Waals surface area contributed by atoms with E-state index < -0.39 is 11.6 Å². The molecule has 1 aromatic heterocycles. The molecule has 2 aliphatic heterocycles. The summed E-state index contributed by atoms with van der Waals surface area (Å²) < 4.78 is 5.08. The Morgan fingerprint density at radius 1 is 1.42 bits per heavy atom. The Bertz CT molecular complexity index is 655. The maximum absolute atomic E-state index is 12.1. The van der Waals surface area contributed by atoms with E-state index in [1.54, 1.807) is 12.5 Å². The lowest BCUT2D eigenvalue weighted by atomic mass is 9.79. The van der Waals surface area contributed by atoms with Crippen LogP contribution in [-0.4, -0.2) is 48.0 Å². The van der Waals surface area contributed by atoms with Crippen LogP contribution in [0.4, 0.5) is 4.79 Å². The van der Waals surface area contributed by atoms with Crippen LogP contribution in [0.2, 0.25) is 0 Å². The topological polar surface area (TPSA) is 99.0 Å². The molecule has 3 rings (SSSR count). The number of hydrogen-bond donors (Lipinski definition) is 3. The summed E-state index contributed by atoms with van der Waals surface area (Å²) in [5, 5.41) is 8.46. The lowest BCUT2D eigenvalue weighted by Crippen LogP contribution is -2.55. The van der Waals surface area contributed by atoms with Gasteiger partial charge in [-0.1, -0.05) is 0 Å². The number of guanidine groups is 1. The monoisotopic (exact) mass is 475 g/mol. The molecule has 1 unspecified atom stereocenters. The summed E-state index contributed by atoms with van der Waals surface area (Å²) in [5.74, 6) is 0.760. The van der Waals surface area contributed by atoms with Gasteiger partial charge in [0.1, 0.15) is 5.54 Å². The Hall–Kier alpha value is -1.78. The molecular formula is C17H26IN5O3. The van der Waals surface area contributed by atoms with Crippen molar-refractivity contribution in [1.82, 2.24) is 20.9 Å². The first-order chi connectivity index (χ1) is 12.0. The van der Waals surface area contributed by atoms with Crippen molar-refractivity contribution >= 4 is 41.9 Å². The highest BCUT2D eigenvalue weighted by Gasteiger charge is 2.48. The zero-order chi connectivity index (χ0) is 17.9. The lowest BCUT2D eigenvalue weighted by molar-refractivity contribution is -0.125. The van der Waals surface area contributed by atoms with Crippen LogP contribution in [-0.2, 0) is 11.3 Å². The van der Waals surface area contributed by atoms with Crippen molar-refractivity contribution in [3.8, 4) is 0 Å². The number of carbonyl (C=O) groups is 2. The van der Waals surface area contributed by atoms with Crippen molar-refractivity contribution in [3.63, 3.8) is 0 Å². The number of nitrogens with zero attached hydrogens (tertiary/aromatic N) is 2. The summed E-state index contributed by atoms with van der Waals surface area (Å²) in [7, 11) is 0. The quantitative estimate of drug-likeness (QED) is 0.267. The normalized spacial score (nSPS) is 24.1. The third-order valence-electron chi connectivity index (χ3n) is 5.01. The molecule has 0 aliphatic carbocycles. The Labute approximate surface area is 170 Å². The van der Waals surface area contributed by atoms with E-state index in [4.69, 9.17) is 4.42 Å². The van der Waals surface area contributed by atoms with Crippen molar-refractivity contribution in [1.29, 1.82) is 0 Å². The van der Waals surface area contributed by atoms with Crippen molar-refractivity contribution in [2.45, 2.75) is 38.8 Å². The number of hydrogen-bond acceptors (Lipinski definition) is 4. The van der Waals surface area contributed by atoms with Crippen molar-refractivity contribution in [2.24, 2.45) is 10.9 Å². The molecule has 3 amide bonds. The van der Waals surface area contributed by atoms with Crippen LogP contribution in [0.1, 0.15) is 32.3 Å². The van der Waals surface area contributed by atoms with Crippen LogP contribution in [0, 0.1) is 5.92 Å². The highest BCUT2D eigenvalue weighted by molar-refractivity contribution is 14.0. The minimum atomic E-state index is -0.810. The third kappa shape index (κ3) is 4.30. The first-order valence-electron chi connectivity index (χ1n) is 8.71. The minimum Gasteiger partial charge on any atom is -0.472 e. The van der Waals surface area contributed by atoms with Crippen LogP contribution >= 0.6 is 24.0 Å². The van der Waals surface area contributed by atoms with Gasteiger partial charge in [0.15, 0.2) is 5.96 Å². The number of aliphatic imine (C=N–C) groups is 1. The minimum absolute atomic E-state index is 0. The van der Waals surface area contributed by atoms with Crippen molar-refractivity contribution < 1.29 is 14.0 Å². The number of amides is 3. The number of imide groups is 1. The molecule has 0 saturated carbocycles. The molecule has 3 N–H and O–H groups in total. The molecule has 26 heavy (non-hydrogen) atoms. The smallest absolute Gasteiger partial charge is 0.322 e. The van der Waals surface area contributed by atoms with Crippen LogP contribution in [0.3, 0.4) is 0 Å². The summed E-state index contributed by atoms with van der Waals surface area (Å²) in [6, 6.07) is 1.51. The van der Waals surface area contributed by atoms with Gasteiger partial charge in [0.2, 0.25) is 0 Å². The van der Waals surface area contributed by atoms with Crippen LogP contribution in [0.5, 0.6) is 0 Å². The maximum Gasteiger partial charge on any atom is 0.322 e. The number of urea groups is 1. The van der Waals surface area contributed by atoms with Crippen LogP contribution < -0.4 is 16.0 Å². The van der Waals surface area contributed by atoms with E-state index in [9.17, 15) is 9.59 Å². The predicted octanol–water partition coefficient (Wildman–Crippen LogP) is 1.67. The second-order valence-corrected chi connectivity index (χ2v) is 6.67. The molecule has 0 radical (unpaired) electrons. The van der Waals surface area contributed by atoms with E-state index in [1.165, 1.54) is 0 Å². The van der Waals surface area contributed by atoms with Gasteiger partial charge in [-0.05, 0) is 38.7 Å². The molecule has 0 spiro atoms. The second kappa shape index (κ2) is 8.74. The summed E-state index contributed by atoms with van der Waals surface area (Å²) in [4.78, 5) is 30.5. The van der Waals surface area contributed by atoms with Gasteiger partial charge in [0.25, 0.3) is 5.91 Å². The van der Waals surface area contributed by atoms with E-state index >= 15 is 0 Å². The number of rotatable bonds is 4. The van der Waals surface area contributed by atoms with Crippen molar-refractivity contribution in [2.75, 3.05) is 19.6 Å². The van der Waals surface area contributed by atoms with Gasteiger partial charge in [0.05, 0.1) is 19.1 Å². The Morgan fingerprint density at radius 2 is 2.15 bits per heavy atom. The van der Waals surface area contributed by atoms with E-state index in [0.717, 1.165) is 44.0 Å². The van der Waals surface area contributed by atoms with Gasteiger partial charge in [-0.3, -0.25) is 10.1 Å². The lowest BCUT2D eigenvalue weighted by Gasteiger charge is -2.39. The third-order valence-corrected chi connectivity index (χ3v) is 5.01. The summed E-state index contributed by atoms with van der Waals surface area (Å²) in [6.07, 6.45) is 4.98. The summed E-state index contributed by atoms with van der Waals surface area (Å²) >= 11 is 0. The molecule has 144 valence electrons. The van der Waals surface area contributed by atoms with Crippen LogP contribution in [0.25, 0.3) is 0 Å². The number of furan rings is 1. The average molecular weight is 475 g/mol. The molecule has 0 aromatic carbocycles. The molecule has 1 aromatic rings. The number of carbonyl (C=O) groups excluding carboxylic acids is 2. The largest absolute Gasteiger partial charge is 0.472 e. The fourth-order valence-corrected chi connectivity index (χ4v) is 3.49. The molecule has 0 bridgehead atoms. The number of halogens is 1. The van der Waals surface area contributed by atoms with Gasteiger partial charge in [-0.25, -0.2) is 9.79 Å². The van der Waals surface area contributed by atoms with Gasteiger partial charge in [-0.2, -0.15) is 0 Å². The summed E-state index contributed by atoms with van der Waals surface area (Å²) in [5.41, 5.74) is 0.221.